The molecule has 2 aliphatic heterocycles. The minimum absolute atomic E-state index is 0.0358. The molecule has 3 aromatic rings. The standard InChI is InChI=1S/C27H27N3O3/c31-26-19-33-25-7-3-2-6-24(25)30(26)18-20-8-10-21(11-9-20)27(32)28-22-12-14-23(15-13-22)29-16-4-1-5-17-29/h2-3,6-15H,1,4-5,16-19H2,(H,28,32). The highest BCUT2D eigenvalue weighted by atomic mass is 16.5. The summed E-state index contributed by atoms with van der Waals surface area (Å²) in [5.41, 5.74) is 4.27. The molecule has 6 heteroatoms. The maximum absolute atomic E-state index is 12.7. The Morgan fingerprint density at radius 1 is 0.879 bits per heavy atom. The van der Waals surface area contributed by atoms with Crippen molar-refractivity contribution in [3.05, 3.63) is 83.9 Å². The number of nitrogens with one attached hydrogen (secondary N) is 1. The van der Waals surface area contributed by atoms with Gasteiger partial charge in [-0.15, -0.1) is 0 Å². The van der Waals surface area contributed by atoms with E-state index in [0.29, 0.717) is 17.9 Å². The minimum atomic E-state index is -0.153. The molecule has 5 rings (SSSR count). The molecule has 33 heavy (non-hydrogen) atoms. The zero-order valence-corrected chi connectivity index (χ0v) is 18.5. The van der Waals surface area contributed by atoms with Gasteiger partial charge in [0.25, 0.3) is 11.8 Å². The zero-order valence-electron chi connectivity index (χ0n) is 18.5. The van der Waals surface area contributed by atoms with E-state index in [9.17, 15) is 9.59 Å². The number of hydrogen-bond donors (Lipinski definition) is 1. The van der Waals surface area contributed by atoms with Crippen LogP contribution in [0.25, 0.3) is 0 Å². The van der Waals surface area contributed by atoms with E-state index in [0.717, 1.165) is 30.0 Å². The summed E-state index contributed by atoms with van der Waals surface area (Å²) in [6.07, 6.45) is 3.78. The Hall–Kier alpha value is -3.80. The predicted molar refractivity (Wildman–Crippen MR) is 130 cm³/mol. The monoisotopic (exact) mass is 441 g/mol. The van der Waals surface area contributed by atoms with Crippen LogP contribution in [0.1, 0.15) is 35.2 Å². The number of ether oxygens (including phenoxy) is 1. The first-order valence-corrected chi connectivity index (χ1v) is 11.4. The fraction of sp³-hybridized carbons (Fsp3) is 0.259. The van der Waals surface area contributed by atoms with Crippen molar-refractivity contribution in [2.24, 2.45) is 0 Å². The van der Waals surface area contributed by atoms with Crippen molar-refractivity contribution in [2.45, 2.75) is 25.8 Å². The van der Waals surface area contributed by atoms with E-state index >= 15 is 0 Å². The molecular weight excluding hydrogens is 414 g/mol. The number of rotatable bonds is 5. The van der Waals surface area contributed by atoms with E-state index in [1.165, 1.54) is 24.9 Å². The van der Waals surface area contributed by atoms with Crippen LogP contribution in [0.3, 0.4) is 0 Å². The molecule has 0 saturated carbocycles. The molecule has 2 amide bonds. The molecule has 3 aromatic carbocycles. The van der Waals surface area contributed by atoms with Crippen LogP contribution in [-0.4, -0.2) is 31.5 Å². The summed E-state index contributed by atoms with van der Waals surface area (Å²) in [5, 5.41) is 2.97. The molecule has 6 nitrogen and oxygen atoms in total. The second-order valence-electron chi connectivity index (χ2n) is 8.48. The highest BCUT2D eigenvalue weighted by Gasteiger charge is 2.25. The normalized spacial score (nSPS) is 15.6. The van der Waals surface area contributed by atoms with Gasteiger partial charge in [-0.1, -0.05) is 24.3 Å². The lowest BCUT2D eigenvalue weighted by Gasteiger charge is -2.29. The van der Waals surface area contributed by atoms with Gasteiger partial charge in [-0.05, 0) is 73.4 Å². The number of amides is 2. The highest BCUT2D eigenvalue weighted by Crippen LogP contribution is 2.32. The van der Waals surface area contributed by atoms with Crippen molar-refractivity contribution in [3.8, 4) is 5.75 Å². The quantitative estimate of drug-likeness (QED) is 0.615. The number of nitrogens with zero attached hydrogens (tertiary/aromatic N) is 2. The first-order valence-electron chi connectivity index (χ1n) is 11.4. The second-order valence-corrected chi connectivity index (χ2v) is 8.48. The summed E-state index contributed by atoms with van der Waals surface area (Å²) >= 11 is 0. The molecule has 0 atom stereocenters. The molecule has 1 saturated heterocycles. The Kier molecular flexibility index (Phi) is 5.98. The Labute approximate surface area is 193 Å². The predicted octanol–water partition coefficient (Wildman–Crippen LogP) is 4.85. The third-order valence-electron chi connectivity index (χ3n) is 6.21. The molecular formula is C27H27N3O3. The Morgan fingerprint density at radius 2 is 1.61 bits per heavy atom. The maximum Gasteiger partial charge on any atom is 0.265 e. The molecule has 2 heterocycles. The van der Waals surface area contributed by atoms with Crippen LogP contribution in [0.4, 0.5) is 17.1 Å². The largest absolute Gasteiger partial charge is 0.482 e. The van der Waals surface area contributed by atoms with Crippen molar-refractivity contribution in [2.75, 3.05) is 34.8 Å². The number of hydrogen-bond acceptors (Lipinski definition) is 4. The lowest BCUT2D eigenvalue weighted by molar-refractivity contribution is -0.121. The number of benzene rings is 3. The van der Waals surface area contributed by atoms with Crippen LogP contribution < -0.4 is 19.9 Å². The van der Waals surface area contributed by atoms with Gasteiger partial charge in [0, 0.05) is 30.0 Å². The van der Waals surface area contributed by atoms with E-state index in [4.69, 9.17) is 4.74 Å². The third-order valence-corrected chi connectivity index (χ3v) is 6.21. The van der Waals surface area contributed by atoms with Crippen LogP contribution in [-0.2, 0) is 11.3 Å². The van der Waals surface area contributed by atoms with Gasteiger partial charge in [0.2, 0.25) is 0 Å². The van der Waals surface area contributed by atoms with E-state index in [2.05, 4.69) is 22.3 Å². The number of carbonyl (C=O) groups excluding carboxylic acids is 2. The summed E-state index contributed by atoms with van der Waals surface area (Å²) in [6.45, 7) is 2.66. The average Bonchev–Trinajstić information content (AvgIpc) is 2.87. The van der Waals surface area contributed by atoms with Crippen LogP contribution in [0.2, 0.25) is 0 Å². The second kappa shape index (κ2) is 9.36. The highest BCUT2D eigenvalue weighted by molar-refractivity contribution is 6.04. The minimum Gasteiger partial charge on any atom is -0.482 e. The molecule has 0 aromatic heterocycles. The number of fused-ring (bicyclic) bond motifs is 1. The molecule has 168 valence electrons. The first kappa shape index (κ1) is 21.1. The van der Waals surface area contributed by atoms with Crippen LogP contribution in [0.5, 0.6) is 5.75 Å². The smallest absolute Gasteiger partial charge is 0.265 e. The van der Waals surface area contributed by atoms with Gasteiger partial charge >= 0.3 is 0 Å². The van der Waals surface area contributed by atoms with E-state index in [-0.39, 0.29) is 18.4 Å². The zero-order chi connectivity index (χ0) is 22.6. The summed E-state index contributed by atoms with van der Waals surface area (Å²) in [4.78, 5) is 29.2. The first-order chi connectivity index (χ1) is 16.2. The van der Waals surface area contributed by atoms with Gasteiger partial charge in [-0.25, -0.2) is 0 Å². The molecule has 0 spiro atoms. The van der Waals surface area contributed by atoms with Crippen molar-refractivity contribution in [1.29, 1.82) is 0 Å². The van der Waals surface area contributed by atoms with Crippen molar-refractivity contribution in [3.63, 3.8) is 0 Å². The van der Waals surface area contributed by atoms with Gasteiger partial charge in [0.15, 0.2) is 6.61 Å². The molecule has 1 N–H and O–H groups in total. The molecule has 0 radical (unpaired) electrons. The number of carbonyl (C=O) groups is 2. The maximum atomic E-state index is 12.7. The Bertz CT molecular complexity index is 1140. The summed E-state index contributed by atoms with van der Waals surface area (Å²) in [7, 11) is 0. The van der Waals surface area contributed by atoms with Crippen molar-refractivity contribution < 1.29 is 14.3 Å². The van der Waals surface area contributed by atoms with Crippen LogP contribution >= 0.6 is 0 Å². The SMILES string of the molecule is O=C(Nc1ccc(N2CCCCC2)cc1)c1ccc(CN2C(=O)COc3ccccc32)cc1. The summed E-state index contributed by atoms with van der Waals surface area (Å²) in [5.74, 6) is 0.475. The van der Waals surface area contributed by atoms with Gasteiger partial charge in [-0.3, -0.25) is 9.59 Å². The van der Waals surface area contributed by atoms with E-state index < -0.39 is 0 Å². The fourth-order valence-corrected chi connectivity index (χ4v) is 4.38. The molecule has 0 bridgehead atoms. The number of para-hydroxylation sites is 2. The summed E-state index contributed by atoms with van der Waals surface area (Å²) in [6, 6.07) is 22.9. The van der Waals surface area contributed by atoms with Crippen molar-refractivity contribution >= 4 is 28.9 Å². The molecule has 0 unspecified atom stereocenters. The van der Waals surface area contributed by atoms with Crippen molar-refractivity contribution in [1.82, 2.24) is 0 Å². The Morgan fingerprint density at radius 3 is 2.36 bits per heavy atom. The van der Waals surface area contributed by atoms with Gasteiger partial charge in [0.1, 0.15) is 5.75 Å². The fourth-order valence-electron chi connectivity index (χ4n) is 4.38. The van der Waals surface area contributed by atoms with Crippen LogP contribution in [0.15, 0.2) is 72.8 Å². The van der Waals surface area contributed by atoms with Crippen LogP contribution in [0, 0.1) is 0 Å². The molecule has 2 aliphatic rings. The number of piperidine rings is 1. The topological polar surface area (TPSA) is 61.9 Å². The average molecular weight is 442 g/mol. The lowest BCUT2D eigenvalue weighted by Crippen LogP contribution is -2.38. The number of anilines is 3. The molecule has 0 aliphatic carbocycles. The van der Waals surface area contributed by atoms with E-state index in [1.807, 2.05) is 48.5 Å². The Balaban J connectivity index is 1.22. The summed E-state index contributed by atoms with van der Waals surface area (Å²) < 4.78 is 5.51. The van der Waals surface area contributed by atoms with Gasteiger partial charge in [-0.2, -0.15) is 0 Å². The third kappa shape index (κ3) is 4.70. The lowest BCUT2D eigenvalue weighted by atomic mass is 10.1. The van der Waals surface area contributed by atoms with Gasteiger partial charge < -0.3 is 19.9 Å². The van der Waals surface area contributed by atoms with E-state index in [1.54, 1.807) is 17.0 Å². The molecule has 1 fully saturated rings. The van der Waals surface area contributed by atoms with Gasteiger partial charge in [0.05, 0.1) is 12.2 Å².